The second-order valence-corrected chi connectivity index (χ2v) is 7.88. The van der Waals surface area contributed by atoms with Gasteiger partial charge in [0.05, 0.1) is 0 Å². The van der Waals surface area contributed by atoms with E-state index in [0.29, 0.717) is 24.6 Å². The van der Waals surface area contributed by atoms with Crippen LogP contribution in [0.2, 0.25) is 0 Å². The SMILES string of the molecule is CN=C(NCc1cccc(C(=O)NCCN(C)C)c1)NCC(C)c1cccc(C)c1. The zero-order valence-corrected chi connectivity index (χ0v) is 18.8. The van der Waals surface area contributed by atoms with Crippen molar-refractivity contribution < 1.29 is 4.79 Å². The predicted molar refractivity (Wildman–Crippen MR) is 125 cm³/mol. The van der Waals surface area contributed by atoms with E-state index in [0.717, 1.165) is 24.6 Å². The Labute approximate surface area is 180 Å². The van der Waals surface area contributed by atoms with Gasteiger partial charge in [-0.05, 0) is 50.2 Å². The molecule has 2 rings (SSSR count). The van der Waals surface area contributed by atoms with Gasteiger partial charge >= 0.3 is 0 Å². The summed E-state index contributed by atoms with van der Waals surface area (Å²) < 4.78 is 0. The summed E-state index contributed by atoms with van der Waals surface area (Å²) in [5.41, 5.74) is 4.28. The molecule has 0 aliphatic carbocycles. The molecule has 0 fully saturated rings. The van der Waals surface area contributed by atoms with Gasteiger partial charge in [-0.15, -0.1) is 0 Å². The van der Waals surface area contributed by atoms with Crippen molar-refractivity contribution in [2.24, 2.45) is 4.99 Å². The van der Waals surface area contributed by atoms with Crippen LogP contribution in [0.3, 0.4) is 0 Å². The van der Waals surface area contributed by atoms with Crippen LogP contribution in [-0.2, 0) is 6.54 Å². The summed E-state index contributed by atoms with van der Waals surface area (Å²) in [4.78, 5) is 18.7. The summed E-state index contributed by atoms with van der Waals surface area (Å²) >= 11 is 0. The summed E-state index contributed by atoms with van der Waals surface area (Å²) in [7, 11) is 5.74. The minimum Gasteiger partial charge on any atom is -0.356 e. The van der Waals surface area contributed by atoms with Crippen LogP contribution in [0, 0.1) is 6.92 Å². The summed E-state index contributed by atoms with van der Waals surface area (Å²) in [6, 6.07) is 16.3. The quantitative estimate of drug-likeness (QED) is 0.440. The lowest BCUT2D eigenvalue weighted by atomic mass is 9.99. The molecule has 162 valence electrons. The van der Waals surface area contributed by atoms with Crippen LogP contribution >= 0.6 is 0 Å². The maximum absolute atomic E-state index is 12.3. The number of benzene rings is 2. The second kappa shape index (κ2) is 12.0. The molecule has 0 saturated carbocycles. The van der Waals surface area contributed by atoms with Crippen LogP contribution < -0.4 is 16.0 Å². The number of guanidine groups is 1. The lowest BCUT2D eigenvalue weighted by Crippen LogP contribution is -2.38. The average Bonchev–Trinajstić information content (AvgIpc) is 2.73. The first-order valence-corrected chi connectivity index (χ1v) is 10.4. The maximum Gasteiger partial charge on any atom is 0.251 e. The molecule has 1 unspecified atom stereocenters. The molecule has 0 spiro atoms. The number of rotatable bonds is 9. The Morgan fingerprint density at radius 2 is 1.83 bits per heavy atom. The minimum atomic E-state index is -0.0480. The van der Waals surface area contributed by atoms with E-state index < -0.39 is 0 Å². The first-order chi connectivity index (χ1) is 14.4. The van der Waals surface area contributed by atoms with E-state index in [1.807, 2.05) is 43.3 Å². The molecule has 2 aromatic carbocycles. The zero-order chi connectivity index (χ0) is 21.9. The number of carbonyl (C=O) groups excluding carboxylic acids is 1. The topological polar surface area (TPSA) is 68.8 Å². The van der Waals surface area contributed by atoms with Gasteiger partial charge in [0, 0.05) is 38.8 Å². The number of amides is 1. The van der Waals surface area contributed by atoms with Crippen molar-refractivity contribution in [2.45, 2.75) is 26.3 Å². The highest BCUT2D eigenvalue weighted by Crippen LogP contribution is 2.15. The first kappa shape index (κ1) is 23.4. The third-order valence-corrected chi connectivity index (χ3v) is 4.90. The molecule has 0 aliphatic rings. The Kier molecular flexibility index (Phi) is 9.35. The molecule has 0 aliphatic heterocycles. The normalized spacial score (nSPS) is 12.5. The molecule has 1 amide bonds. The molecule has 3 N–H and O–H groups in total. The van der Waals surface area contributed by atoms with Gasteiger partial charge in [0.2, 0.25) is 0 Å². The number of hydrogen-bond donors (Lipinski definition) is 3. The van der Waals surface area contributed by atoms with Crippen molar-refractivity contribution in [1.82, 2.24) is 20.9 Å². The fourth-order valence-corrected chi connectivity index (χ4v) is 3.07. The van der Waals surface area contributed by atoms with Crippen LogP contribution in [-0.4, -0.2) is 57.5 Å². The number of nitrogens with one attached hydrogen (secondary N) is 3. The zero-order valence-electron chi connectivity index (χ0n) is 18.8. The van der Waals surface area contributed by atoms with E-state index in [2.05, 4.69) is 59.1 Å². The van der Waals surface area contributed by atoms with Crippen LogP contribution in [0.4, 0.5) is 0 Å². The molecule has 0 heterocycles. The van der Waals surface area contributed by atoms with Gasteiger partial charge in [-0.2, -0.15) is 0 Å². The highest BCUT2D eigenvalue weighted by atomic mass is 16.1. The second-order valence-electron chi connectivity index (χ2n) is 7.88. The minimum absolute atomic E-state index is 0.0480. The maximum atomic E-state index is 12.3. The van der Waals surface area contributed by atoms with Gasteiger partial charge in [0.25, 0.3) is 5.91 Å². The van der Waals surface area contributed by atoms with E-state index in [4.69, 9.17) is 0 Å². The van der Waals surface area contributed by atoms with E-state index in [1.54, 1.807) is 7.05 Å². The van der Waals surface area contributed by atoms with Crippen molar-refractivity contribution in [3.05, 3.63) is 70.8 Å². The molecule has 0 radical (unpaired) electrons. The molecule has 30 heavy (non-hydrogen) atoms. The van der Waals surface area contributed by atoms with Crippen LogP contribution in [0.1, 0.15) is 39.9 Å². The largest absolute Gasteiger partial charge is 0.356 e. The number of aryl methyl sites for hydroxylation is 1. The van der Waals surface area contributed by atoms with Gasteiger partial charge in [-0.1, -0.05) is 48.9 Å². The van der Waals surface area contributed by atoms with Crippen LogP contribution in [0.5, 0.6) is 0 Å². The summed E-state index contributed by atoms with van der Waals surface area (Å²) in [6.45, 7) is 7.14. The molecule has 2 aromatic rings. The van der Waals surface area contributed by atoms with E-state index >= 15 is 0 Å². The van der Waals surface area contributed by atoms with Crippen LogP contribution in [0.25, 0.3) is 0 Å². The van der Waals surface area contributed by atoms with Gasteiger partial charge in [-0.3, -0.25) is 9.79 Å². The monoisotopic (exact) mass is 409 g/mol. The number of aliphatic imine (C=N–C) groups is 1. The number of hydrogen-bond acceptors (Lipinski definition) is 3. The Hall–Kier alpha value is -2.86. The molecule has 0 aromatic heterocycles. The van der Waals surface area contributed by atoms with Crippen molar-refractivity contribution in [2.75, 3.05) is 40.8 Å². The Bertz CT molecular complexity index is 847. The lowest BCUT2D eigenvalue weighted by molar-refractivity contribution is 0.0951. The molecule has 6 nitrogen and oxygen atoms in total. The molecule has 6 heteroatoms. The fourth-order valence-electron chi connectivity index (χ4n) is 3.07. The smallest absolute Gasteiger partial charge is 0.251 e. The summed E-state index contributed by atoms with van der Waals surface area (Å²) in [5.74, 6) is 1.07. The van der Waals surface area contributed by atoms with E-state index in [-0.39, 0.29) is 5.91 Å². The van der Waals surface area contributed by atoms with Gasteiger partial charge in [-0.25, -0.2) is 0 Å². The van der Waals surface area contributed by atoms with E-state index in [9.17, 15) is 4.79 Å². The van der Waals surface area contributed by atoms with Gasteiger partial charge < -0.3 is 20.9 Å². The highest BCUT2D eigenvalue weighted by Gasteiger charge is 2.08. The number of nitrogens with zero attached hydrogens (tertiary/aromatic N) is 2. The lowest BCUT2D eigenvalue weighted by Gasteiger charge is -2.17. The van der Waals surface area contributed by atoms with Crippen molar-refractivity contribution in [3.8, 4) is 0 Å². The van der Waals surface area contributed by atoms with Crippen molar-refractivity contribution in [1.29, 1.82) is 0 Å². The number of likely N-dealkylation sites (N-methyl/N-ethyl adjacent to an activating group) is 1. The van der Waals surface area contributed by atoms with Gasteiger partial charge in [0.15, 0.2) is 5.96 Å². The van der Waals surface area contributed by atoms with E-state index in [1.165, 1.54) is 11.1 Å². The Morgan fingerprint density at radius 3 is 2.53 bits per heavy atom. The Balaban J connectivity index is 1.85. The molecule has 1 atom stereocenters. The molecular weight excluding hydrogens is 374 g/mol. The standard InChI is InChI=1S/C24H35N5O/c1-18-8-6-10-21(14-18)19(2)16-27-24(25-3)28-17-20-9-7-11-22(15-20)23(30)26-12-13-29(4)5/h6-11,14-15,19H,12-13,16-17H2,1-5H3,(H,26,30)(H2,25,27,28). The summed E-state index contributed by atoms with van der Waals surface area (Å²) in [6.07, 6.45) is 0. The van der Waals surface area contributed by atoms with Crippen LogP contribution in [0.15, 0.2) is 53.5 Å². The molecular formula is C24H35N5O. The molecule has 0 saturated heterocycles. The van der Waals surface area contributed by atoms with Gasteiger partial charge in [0.1, 0.15) is 0 Å². The van der Waals surface area contributed by atoms with Crippen molar-refractivity contribution >= 4 is 11.9 Å². The average molecular weight is 410 g/mol. The number of carbonyl (C=O) groups is 1. The fraction of sp³-hybridized carbons (Fsp3) is 0.417. The summed E-state index contributed by atoms with van der Waals surface area (Å²) in [5, 5.41) is 9.67. The third kappa shape index (κ3) is 7.87. The highest BCUT2D eigenvalue weighted by molar-refractivity contribution is 5.94. The first-order valence-electron chi connectivity index (χ1n) is 10.4. The third-order valence-electron chi connectivity index (χ3n) is 4.90. The van der Waals surface area contributed by atoms with Crippen molar-refractivity contribution in [3.63, 3.8) is 0 Å². The Morgan fingerprint density at radius 1 is 1.07 bits per heavy atom. The predicted octanol–water partition coefficient (Wildman–Crippen LogP) is 2.76. The molecule has 0 bridgehead atoms.